The van der Waals surface area contributed by atoms with Crippen LogP contribution in [0.1, 0.15) is 16.8 Å². The first-order valence-electron chi connectivity index (χ1n) is 12.0. The Hall–Kier alpha value is -4.66. The number of pyridine rings is 1. The zero-order valence-electron chi connectivity index (χ0n) is 20.6. The van der Waals surface area contributed by atoms with Crippen LogP contribution in [0.5, 0.6) is 5.75 Å². The number of benzene rings is 2. The summed E-state index contributed by atoms with van der Waals surface area (Å²) in [5.41, 5.74) is 4.90. The molecule has 0 saturated carbocycles. The maximum absolute atomic E-state index is 12.3. The van der Waals surface area contributed by atoms with E-state index in [2.05, 4.69) is 38.5 Å². The summed E-state index contributed by atoms with van der Waals surface area (Å²) in [6.45, 7) is 1.62. The van der Waals surface area contributed by atoms with E-state index in [0.717, 1.165) is 33.9 Å². The van der Waals surface area contributed by atoms with Crippen molar-refractivity contribution in [1.29, 1.82) is 0 Å². The fourth-order valence-corrected chi connectivity index (χ4v) is 4.36. The second-order valence-electron chi connectivity index (χ2n) is 8.86. The van der Waals surface area contributed by atoms with E-state index in [1.54, 1.807) is 19.5 Å². The Morgan fingerprint density at radius 2 is 1.78 bits per heavy atom. The van der Waals surface area contributed by atoms with Crippen molar-refractivity contribution in [2.24, 2.45) is 0 Å². The lowest BCUT2D eigenvalue weighted by Gasteiger charge is -2.28. The third kappa shape index (κ3) is 5.95. The monoisotopic (exact) mass is 496 g/mol. The number of carbonyl (C=O) groups excluding carboxylic acids is 2. The number of amides is 2. The molecule has 2 aromatic carbocycles. The van der Waals surface area contributed by atoms with E-state index in [1.165, 1.54) is 4.90 Å². The van der Waals surface area contributed by atoms with Crippen LogP contribution in [0, 0.1) is 0 Å². The molecule has 3 heterocycles. The van der Waals surface area contributed by atoms with Gasteiger partial charge in [-0.1, -0.05) is 24.3 Å². The molecule has 0 atom stereocenters. The fraction of sp³-hybridized carbons (Fsp3) is 0.214. The fourth-order valence-electron chi connectivity index (χ4n) is 4.36. The van der Waals surface area contributed by atoms with E-state index in [0.29, 0.717) is 13.1 Å². The van der Waals surface area contributed by atoms with Gasteiger partial charge >= 0.3 is 0 Å². The Morgan fingerprint density at radius 1 is 0.973 bits per heavy atom. The summed E-state index contributed by atoms with van der Waals surface area (Å²) in [6.07, 6.45) is 5.43. The largest absolute Gasteiger partial charge is 0.497 e. The first-order chi connectivity index (χ1) is 18.1. The highest BCUT2D eigenvalue weighted by Crippen LogP contribution is 2.24. The van der Waals surface area contributed by atoms with Crippen LogP contribution < -0.4 is 15.0 Å². The predicted octanol–water partition coefficient (Wildman–Crippen LogP) is 2.94. The SMILES string of the molecule is COc1cccc(CN(Cc2cccc(-n3cccn3)c2)c2ccnc(CN3CC(=O)NCC3=O)c2)c1. The Labute approximate surface area is 215 Å². The molecule has 5 rings (SSSR count). The van der Waals surface area contributed by atoms with Crippen molar-refractivity contribution >= 4 is 17.5 Å². The second-order valence-corrected chi connectivity index (χ2v) is 8.86. The van der Waals surface area contributed by atoms with Gasteiger partial charge in [0.2, 0.25) is 11.8 Å². The zero-order chi connectivity index (χ0) is 25.6. The number of rotatable bonds is 9. The molecule has 4 aromatic rings. The lowest BCUT2D eigenvalue weighted by molar-refractivity contribution is -0.141. The van der Waals surface area contributed by atoms with Gasteiger partial charge < -0.3 is 19.9 Å². The van der Waals surface area contributed by atoms with E-state index in [-0.39, 0.29) is 31.4 Å². The molecule has 1 fully saturated rings. The number of nitrogens with zero attached hydrogens (tertiary/aromatic N) is 5. The van der Waals surface area contributed by atoms with Crippen LogP contribution in [0.15, 0.2) is 85.3 Å². The zero-order valence-corrected chi connectivity index (χ0v) is 20.6. The number of methoxy groups -OCH3 is 1. The Kier molecular flexibility index (Phi) is 7.12. The topological polar surface area (TPSA) is 92.6 Å². The van der Waals surface area contributed by atoms with Crippen molar-refractivity contribution in [3.63, 3.8) is 0 Å². The standard InChI is InChI=1S/C28H28N6O3/c1-37-26-8-3-6-22(14-26)18-32(17-21-5-2-7-25(13-21)34-12-4-10-31-34)24-9-11-29-23(15-24)19-33-20-27(35)30-16-28(33)36/h2-15H,16-20H2,1H3,(H,30,35). The Balaban J connectivity index is 1.43. The first-order valence-corrected chi connectivity index (χ1v) is 12.0. The van der Waals surface area contributed by atoms with Crippen LogP contribution in [0.3, 0.4) is 0 Å². The molecule has 0 unspecified atom stereocenters. The van der Waals surface area contributed by atoms with Crippen LogP contribution in [0.2, 0.25) is 0 Å². The number of carbonyl (C=O) groups is 2. The maximum atomic E-state index is 12.3. The van der Waals surface area contributed by atoms with E-state index < -0.39 is 0 Å². The van der Waals surface area contributed by atoms with Crippen LogP contribution in [-0.4, -0.2) is 51.7 Å². The molecule has 1 aliphatic heterocycles. The minimum atomic E-state index is -0.160. The van der Waals surface area contributed by atoms with Gasteiger partial charge in [0.15, 0.2) is 0 Å². The molecule has 37 heavy (non-hydrogen) atoms. The Morgan fingerprint density at radius 3 is 2.57 bits per heavy atom. The normalized spacial score (nSPS) is 13.4. The summed E-state index contributed by atoms with van der Waals surface area (Å²) in [5, 5.41) is 6.93. The van der Waals surface area contributed by atoms with Crippen molar-refractivity contribution in [3.8, 4) is 11.4 Å². The summed E-state index contributed by atoms with van der Waals surface area (Å²) in [4.78, 5) is 32.4. The summed E-state index contributed by atoms with van der Waals surface area (Å²) in [7, 11) is 1.66. The number of hydrogen-bond donors (Lipinski definition) is 1. The summed E-state index contributed by atoms with van der Waals surface area (Å²) < 4.78 is 7.27. The maximum Gasteiger partial charge on any atom is 0.242 e. The summed E-state index contributed by atoms with van der Waals surface area (Å²) >= 11 is 0. The molecule has 1 N–H and O–H groups in total. The van der Waals surface area contributed by atoms with Crippen molar-refractivity contribution in [2.45, 2.75) is 19.6 Å². The molecule has 2 aromatic heterocycles. The number of aromatic nitrogens is 3. The molecular weight excluding hydrogens is 468 g/mol. The molecule has 2 amide bonds. The quantitative estimate of drug-likeness (QED) is 0.383. The average molecular weight is 497 g/mol. The van der Waals surface area contributed by atoms with Gasteiger partial charge in [-0.25, -0.2) is 4.68 Å². The van der Waals surface area contributed by atoms with Gasteiger partial charge in [0.1, 0.15) is 5.75 Å². The van der Waals surface area contributed by atoms with Crippen LogP contribution in [0.25, 0.3) is 5.69 Å². The molecule has 0 radical (unpaired) electrons. The first kappa shape index (κ1) is 24.1. The molecule has 0 bridgehead atoms. The van der Waals surface area contributed by atoms with Crippen molar-refractivity contribution in [2.75, 3.05) is 25.1 Å². The van der Waals surface area contributed by atoms with Crippen LogP contribution >= 0.6 is 0 Å². The van der Waals surface area contributed by atoms with E-state index in [4.69, 9.17) is 4.74 Å². The average Bonchev–Trinajstić information content (AvgIpc) is 3.46. The molecule has 0 spiro atoms. The molecule has 1 saturated heterocycles. The highest BCUT2D eigenvalue weighted by Gasteiger charge is 2.23. The van der Waals surface area contributed by atoms with Gasteiger partial charge in [-0.15, -0.1) is 0 Å². The van der Waals surface area contributed by atoms with E-state index in [1.807, 2.05) is 59.4 Å². The lowest BCUT2D eigenvalue weighted by Crippen LogP contribution is -2.51. The predicted molar refractivity (Wildman–Crippen MR) is 139 cm³/mol. The highest BCUT2D eigenvalue weighted by molar-refractivity contribution is 5.92. The molecular formula is C28H28N6O3. The van der Waals surface area contributed by atoms with Crippen LogP contribution in [-0.2, 0) is 29.2 Å². The minimum Gasteiger partial charge on any atom is -0.497 e. The smallest absolute Gasteiger partial charge is 0.242 e. The van der Waals surface area contributed by atoms with Crippen molar-refractivity contribution in [1.82, 2.24) is 25.0 Å². The van der Waals surface area contributed by atoms with Crippen molar-refractivity contribution in [3.05, 3.63) is 102 Å². The number of hydrogen-bond acceptors (Lipinski definition) is 6. The van der Waals surface area contributed by atoms with Gasteiger partial charge in [-0.05, 0) is 53.6 Å². The van der Waals surface area contributed by atoms with Gasteiger partial charge in [-0.2, -0.15) is 5.10 Å². The van der Waals surface area contributed by atoms with E-state index in [9.17, 15) is 9.59 Å². The third-order valence-electron chi connectivity index (χ3n) is 6.20. The minimum absolute atomic E-state index is 0.0209. The lowest BCUT2D eigenvalue weighted by atomic mass is 10.1. The highest BCUT2D eigenvalue weighted by atomic mass is 16.5. The van der Waals surface area contributed by atoms with Gasteiger partial charge in [0.05, 0.1) is 38.1 Å². The molecule has 188 valence electrons. The van der Waals surface area contributed by atoms with Crippen molar-refractivity contribution < 1.29 is 14.3 Å². The Bertz CT molecular complexity index is 1390. The number of piperazine rings is 1. The summed E-state index contributed by atoms with van der Waals surface area (Å²) in [6, 6.07) is 22.1. The van der Waals surface area contributed by atoms with Crippen LogP contribution in [0.4, 0.5) is 5.69 Å². The molecule has 9 heteroatoms. The second kappa shape index (κ2) is 10.9. The number of ether oxygens (including phenoxy) is 1. The van der Waals surface area contributed by atoms with Gasteiger partial charge in [0, 0.05) is 37.4 Å². The number of nitrogens with one attached hydrogen (secondary N) is 1. The summed E-state index contributed by atoms with van der Waals surface area (Å²) in [5.74, 6) is 0.526. The van der Waals surface area contributed by atoms with Gasteiger partial charge in [-0.3, -0.25) is 14.6 Å². The number of anilines is 1. The van der Waals surface area contributed by atoms with Gasteiger partial charge in [0.25, 0.3) is 0 Å². The molecule has 0 aliphatic carbocycles. The third-order valence-corrected chi connectivity index (χ3v) is 6.20. The molecule has 9 nitrogen and oxygen atoms in total. The molecule has 1 aliphatic rings. The van der Waals surface area contributed by atoms with E-state index >= 15 is 0 Å².